The van der Waals surface area contributed by atoms with Gasteiger partial charge in [-0.15, -0.1) is 0 Å². The number of alkyl halides is 3. The van der Waals surface area contributed by atoms with Crippen molar-refractivity contribution in [1.29, 1.82) is 5.41 Å². The lowest BCUT2D eigenvalue weighted by molar-refractivity contribution is -0.137. The highest BCUT2D eigenvalue weighted by Crippen LogP contribution is 2.32. The maximum Gasteiger partial charge on any atom is 0.416 e. The highest BCUT2D eigenvalue weighted by Gasteiger charge is 2.34. The maximum absolute atomic E-state index is 12.8. The van der Waals surface area contributed by atoms with E-state index in [1.54, 1.807) is 0 Å². The molecule has 0 radical (unpaired) electrons. The Bertz CT molecular complexity index is 846. The van der Waals surface area contributed by atoms with Crippen LogP contribution < -0.4 is 4.31 Å². The van der Waals surface area contributed by atoms with Gasteiger partial charge >= 0.3 is 22.4 Å². The van der Waals surface area contributed by atoms with Crippen molar-refractivity contribution >= 4 is 27.8 Å². The first-order chi connectivity index (χ1) is 11.4. The number of rotatable bonds is 5. The Morgan fingerprint density at radius 2 is 1.88 bits per heavy atom. The summed E-state index contributed by atoms with van der Waals surface area (Å²) in [5.74, 6) is -3.16. The second-order valence-corrected chi connectivity index (χ2v) is 5.63. The molecule has 0 fully saturated rings. The van der Waals surface area contributed by atoms with E-state index in [0.717, 1.165) is 18.2 Å². The first-order valence-corrected chi connectivity index (χ1v) is 7.57. The van der Waals surface area contributed by atoms with E-state index in [-0.39, 0.29) is 4.31 Å². The average molecular weight is 380 g/mol. The van der Waals surface area contributed by atoms with Crippen LogP contribution in [0.25, 0.3) is 0 Å². The Morgan fingerprint density at radius 1 is 1.28 bits per heavy atom. The molecular weight excluding hydrogens is 369 g/mol. The maximum atomic E-state index is 12.8. The second kappa shape index (κ2) is 7.36. The van der Waals surface area contributed by atoms with Gasteiger partial charge in [0.2, 0.25) is 0 Å². The zero-order chi connectivity index (χ0) is 19.4. The minimum Gasteiger partial charge on any atom is -0.516 e. The van der Waals surface area contributed by atoms with Crippen molar-refractivity contribution in [2.75, 3.05) is 4.31 Å². The van der Waals surface area contributed by atoms with Crippen LogP contribution in [0.1, 0.15) is 5.56 Å². The first-order valence-electron chi connectivity index (χ1n) is 6.18. The van der Waals surface area contributed by atoms with Crippen LogP contribution in [0.15, 0.2) is 48.3 Å². The topological polar surface area (TPSA) is 139 Å². The molecule has 0 saturated carbocycles. The molecule has 1 rings (SSSR count). The predicted octanol–water partition coefficient (Wildman–Crippen LogP) is 2.37. The SMILES string of the molecule is N=C(C(=CC=CO)C(=O)O)N(c1cccc(C(F)(F)F)c1)S(=O)(=O)O. The molecule has 0 aliphatic carbocycles. The fourth-order valence-corrected chi connectivity index (χ4v) is 2.40. The van der Waals surface area contributed by atoms with Crippen LogP contribution in [0.5, 0.6) is 0 Å². The van der Waals surface area contributed by atoms with Gasteiger partial charge in [-0.25, -0.2) is 4.79 Å². The van der Waals surface area contributed by atoms with Gasteiger partial charge in [0, 0.05) is 0 Å². The van der Waals surface area contributed by atoms with Gasteiger partial charge in [-0.3, -0.25) is 9.96 Å². The first kappa shape index (κ1) is 20.2. The summed E-state index contributed by atoms with van der Waals surface area (Å²) < 4.78 is 70.2. The molecule has 0 heterocycles. The third-order valence-electron chi connectivity index (χ3n) is 2.68. The molecule has 0 bridgehead atoms. The summed E-state index contributed by atoms with van der Waals surface area (Å²) in [6.07, 6.45) is -3.09. The lowest BCUT2D eigenvalue weighted by Crippen LogP contribution is -2.38. The molecule has 0 saturated heterocycles. The van der Waals surface area contributed by atoms with Crippen LogP contribution in [0, 0.1) is 5.41 Å². The number of carbonyl (C=O) groups is 1. The van der Waals surface area contributed by atoms with Gasteiger partial charge in [0.15, 0.2) is 5.84 Å². The molecular formula is C13H11F3N2O6S. The van der Waals surface area contributed by atoms with Crippen molar-refractivity contribution < 1.29 is 41.1 Å². The Balaban J connectivity index is 3.56. The van der Waals surface area contributed by atoms with E-state index in [1.807, 2.05) is 0 Å². The minimum absolute atomic E-state index is 0.284. The van der Waals surface area contributed by atoms with Gasteiger partial charge in [0.05, 0.1) is 17.5 Å². The fourth-order valence-electron chi connectivity index (χ4n) is 1.69. The van der Waals surface area contributed by atoms with Crippen LogP contribution in [0.4, 0.5) is 18.9 Å². The zero-order valence-corrected chi connectivity index (χ0v) is 12.9. The molecule has 0 aliphatic rings. The summed E-state index contributed by atoms with van der Waals surface area (Å²) in [7, 11) is -5.33. The Morgan fingerprint density at radius 3 is 2.32 bits per heavy atom. The lowest BCUT2D eigenvalue weighted by Gasteiger charge is -2.22. The number of nitrogens with zero attached hydrogens (tertiary/aromatic N) is 1. The number of aliphatic hydroxyl groups is 1. The van der Waals surface area contributed by atoms with Crippen molar-refractivity contribution in [3.63, 3.8) is 0 Å². The highest BCUT2D eigenvalue weighted by molar-refractivity contribution is 7.88. The number of aliphatic hydroxyl groups excluding tert-OH is 1. The van der Waals surface area contributed by atoms with E-state index in [4.69, 9.17) is 15.6 Å². The summed E-state index contributed by atoms with van der Waals surface area (Å²) in [5, 5.41) is 25.2. The number of halogens is 3. The number of allylic oxidation sites excluding steroid dienone is 2. The summed E-state index contributed by atoms with van der Waals surface area (Å²) in [4.78, 5) is 11.1. The van der Waals surface area contributed by atoms with Crippen LogP contribution in [-0.4, -0.2) is 35.0 Å². The molecule has 0 aromatic heterocycles. The Kier molecular flexibility index (Phi) is 5.94. The number of nitrogens with one attached hydrogen (secondary N) is 1. The summed E-state index contributed by atoms with van der Waals surface area (Å²) in [6, 6.07) is 2.60. The molecule has 0 amide bonds. The van der Waals surface area contributed by atoms with E-state index in [1.165, 1.54) is 0 Å². The normalized spacial score (nSPS) is 13.0. The predicted molar refractivity (Wildman–Crippen MR) is 80.7 cm³/mol. The van der Waals surface area contributed by atoms with Gasteiger partial charge in [-0.2, -0.15) is 25.9 Å². The van der Waals surface area contributed by atoms with Gasteiger partial charge < -0.3 is 10.2 Å². The van der Waals surface area contributed by atoms with Crippen LogP contribution in [-0.2, 0) is 21.3 Å². The molecule has 25 heavy (non-hydrogen) atoms. The zero-order valence-electron chi connectivity index (χ0n) is 12.1. The monoisotopic (exact) mass is 380 g/mol. The van der Waals surface area contributed by atoms with Crippen molar-refractivity contribution in [3.8, 4) is 0 Å². The quantitative estimate of drug-likeness (QED) is 0.154. The van der Waals surface area contributed by atoms with Crippen molar-refractivity contribution in [1.82, 2.24) is 0 Å². The second-order valence-electron chi connectivity index (χ2n) is 4.37. The van der Waals surface area contributed by atoms with E-state index in [2.05, 4.69) is 0 Å². The molecule has 1 aromatic carbocycles. The van der Waals surface area contributed by atoms with Crippen molar-refractivity contribution in [2.45, 2.75) is 6.18 Å². The number of aliphatic carboxylic acids is 1. The van der Waals surface area contributed by atoms with Gasteiger partial charge in [0.1, 0.15) is 5.57 Å². The molecule has 8 nitrogen and oxygen atoms in total. The number of carboxylic acid groups (broad SMARTS) is 1. The van der Waals surface area contributed by atoms with Gasteiger partial charge in [0.25, 0.3) is 0 Å². The third-order valence-corrected chi connectivity index (χ3v) is 3.53. The summed E-state index contributed by atoms with van der Waals surface area (Å²) in [5.41, 5.74) is -3.09. The molecule has 0 unspecified atom stereocenters. The number of benzene rings is 1. The van der Waals surface area contributed by atoms with Gasteiger partial charge in [-0.05, 0) is 30.4 Å². The number of anilines is 1. The van der Waals surface area contributed by atoms with E-state index in [9.17, 15) is 30.9 Å². The van der Waals surface area contributed by atoms with Crippen molar-refractivity contribution in [2.24, 2.45) is 0 Å². The van der Waals surface area contributed by atoms with E-state index in [0.29, 0.717) is 24.5 Å². The van der Waals surface area contributed by atoms with Crippen LogP contribution >= 0.6 is 0 Å². The summed E-state index contributed by atoms with van der Waals surface area (Å²) >= 11 is 0. The smallest absolute Gasteiger partial charge is 0.416 e. The molecule has 136 valence electrons. The van der Waals surface area contributed by atoms with Crippen LogP contribution in [0.2, 0.25) is 0 Å². The average Bonchev–Trinajstić information content (AvgIpc) is 2.45. The summed E-state index contributed by atoms with van der Waals surface area (Å²) in [6.45, 7) is 0. The number of carboxylic acids is 1. The molecule has 4 N–H and O–H groups in total. The van der Waals surface area contributed by atoms with Crippen molar-refractivity contribution in [3.05, 3.63) is 53.8 Å². The van der Waals surface area contributed by atoms with E-state index < -0.39 is 45.1 Å². The van der Waals surface area contributed by atoms with Crippen LogP contribution in [0.3, 0.4) is 0 Å². The Hall–Kier alpha value is -2.86. The van der Waals surface area contributed by atoms with Gasteiger partial charge in [-0.1, -0.05) is 6.07 Å². The number of hydrogen-bond donors (Lipinski definition) is 4. The minimum atomic E-state index is -5.33. The number of hydrogen-bond acceptors (Lipinski definition) is 5. The molecule has 0 atom stereocenters. The molecule has 0 aliphatic heterocycles. The molecule has 1 aromatic rings. The lowest BCUT2D eigenvalue weighted by atomic mass is 10.1. The van der Waals surface area contributed by atoms with E-state index >= 15 is 0 Å². The largest absolute Gasteiger partial charge is 0.516 e. The third kappa shape index (κ3) is 5.06. The standard InChI is InChI=1S/C13H11F3N2O6S/c14-13(15,16)8-3-1-4-9(7-8)18(25(22,23)24)11(17)10(12(20)21)5-2-6-19/h1-7,17,19H,(H,20,21)(H,22,23,24). The highest BCUT2D eigenvalue weighted by atomic mass is 32.2. The Labute approximate surface area is 139 Å². The molecule has 0 spiro atoms. The number of amidine groups is 1. The molecule has 12 heteroatoms. The fraction of sp³-hybridized carbons (Fsp3) is 0.0769.